The molecule has 0 radical (unpaired) electrons. The molecular formula is C25H24BrNO3. The monoisotopic (exact) mass is 465 g/mol. The Balaban J connectivity index is 1.73. The standard InChI is InChI=1S/C25H24BrNO3/c1-18(2)17-30-24-11-7-6-10-22(24)27-25(28)21-16-20(26)12-13-23(21)29-15-14-19-8-4-3-5-9-19/h3-13,16H,1,14-15,17H2,2H3,(H,27,28). The fourth-order valence-corrected chi connectivity index (χ4v) is 3.18. The first-order valence-electron chi connectivity index (χ1n) is 9.67. The van der Waals surface area contributed by atoms with Gasteiger partial charge in [-0.1, -0.05) is 65.0 Å². The van der Waals surface area contributed by atoms with Gasteiger partial charge in [-0.05, 0) is 48.4 Å². The second kappa shape index (κ2) is 10.6. The number of hydrogen-bond acceptors (Lipinski definition) is 3. The zero-order valence-corrected chi connectivity index (χ0v) is 18.4. The molecule has 30 heavy (non-hydrogen) atoms. The third-order valence-corrected chi connectivity index (χ3v) is 4.78. The van der Waals surface area contributed by atoms with Crippen LogP contribution < -0.4 is 14.8 Å². The lowest BCUT2D eigenvalue weighted by Gasteiger charge is -2.15. The second-order valence-electron chi connectivity index (χ2n) is 6.92. The van der Waals surface area contributed by atoms with Crippen LogP contribution in [0.15, 0.2) is 89.4 Å². The van der Waals surface area contributed by atoms with Crippen LogP contribution in [0.3, 0.4) is 0 Å². The lowest BCUT2D eigenvalue weighted by molar-refractivity contribution is 0.102. The summed E-state index contributed by atoms with van der Waals surface area (Å²) < 4.78 is 12.5. The number of carbonyl (C=O) groups is 1. The van der Waals surface area contributed by atoms with Crippen LogP contribution >= 0.6 is 15.9 Å². The SMILES string of the molecule is C=C(C)COc1ccccc1NC(=O)c1cc(Br)ccc1OCCc1ccccc1. The van der Waals surface area contributed by atoms with Gasteiger partial charge in [0.25, 0.3) is 5.91 Å². The smallest absolute Gasteiger partial charge is 0.259 e. The Morgan fingerprint density at radius 3 is 2.47 bits per heavy atom. The van der Waals surface area contributed by atoms with E-state index in [0.717, 1.165) is 16.5 Å². The summed E-state index contributed by atoms with van der Waals surface area (Å²) in [6.45, 7) is 6.60. The fraction of sp³-hybridized carbons (Fsp3) is 0.160. The van der Waals surface area contributed by atoms with Crippen molar-refractivity contribution in [2.75, 3.05) is 18.5 Å². The maximum atomic E-state index is 13.0. The van der Waals surface area contributed by atoms with Crippen LogP contribution in [0.1, 0.15) is 22.8 Å². The molecule has 3 aromatic rings. The molecule has 5 heteroatoms. The van der Waals surface area contributed by atoms with Crippen molar-refractivity contribution in [3.63, 3.8) is 0 Å². The normalized spacial score (nSPS) is 10.3. The molecule has 154 valence electrons. The summed E-state index contributed by atoms with van der Waals surface area (Å²) in [5, 5.41) is 2.93. The van der Waals surface area contributed by atoms with Crippen molar-refractivity contribution in [3.05, 3.63) is 101 Å². The predicted octanol–water partition coefficient (Wildman–Crippen LogP) is 6.28. The summed E-state index contributed by atoms with van der Waals surface area (Å²) in [7, 11) is 0. The van der Waals surface area contributed by atoms with Crippen LogP contribution in [0.25, 0.3) is 0 Å². The van der Waals surface area contributed by atoms with Crippen molar-refractivity contribution in [2.45, 2.75) is 13.3 Å². The number of carbonyl (C=O) groups excluding carboxylic acids is 1. The van der Waals surface area contributed by atoms with E-state index in [0.29, 0.717) is 36.0 Å². The molecular weight excluding hydrogens is 442 g/mol. The lowest BCUT2D eigenvalue weighted by atomic mass is 10.1. The minimum Gasteiger partial charge on any atom is -0.492 e. The Hall–Kier alpha value is -3.05. The largest absolute Gasteiger partial charge is 0.492 e. The minimum atomic E-state index is -0.266. The van der Waals surface area contributed by atoms with Gasteiger partial charge in [0.2, 0.25) is 0 Å². The van der Waals surface area contributed by atoms with Crippen molar-refractivity contribution in [1.82, 2.24) is 0 Å². The van der Waals surface area contributed by atoms with Crippen molar-refractivity contribution in [2.24, 2.45) is 0 Å². The zero-order chi connectivity index (χ0) is 21.3. The van der Waals surface area contributed by atoms with E-state index >= 15 is 0 Å². The Kier molecular flexibility index (Phi) is 7.69. The van der Waals surface area contributed by atoms with Gasteiger partial charge >= 0.3 is 0 Å². The van der Waals surface area contributed by atoms with Gasteiger partial charge in [-0.25, -0.2) is 0 Å². The van der Waals surface area contributed by atoms with Crippen LogP contribution in [0.2, 0.25) is 0 Å². The quantitative estimate of drug-likeness (QED) is 0.378. The van der Waals surface area contributed by atoms with Gasteiger partial charge in [-0.15, -0.1) is 0 Å². The molecule has 0 fully saturated rings. The first kappa shape index (κ1) is 21.7. The molecule has 3 aromatic carbocycles. The van der Waals surface area contributed by atoms with Crippen LogP contribution in [0.4, 0.5) is 5.69 Å². The van der Waals surface area contributed by atoms with E-state index in [9.17, 15) is 4.79 Å². The van der Waals surface area contributed by atoms with E-state index in [2.05, 4.69) is 40.0 Å². The Morgan fingerprint density at radius 1 is 0.967 bits per heavy atom. The topological polar surface area (TPSA) is 47.6 Å². The summed E-state index contributed by atoms with van der Waals surface area (Å²) in [5.74, 6) is 0.861. The number of halogens is 1. The highest BCUT2D eigenvalue weighted by Gasteiger charge is 2.16. The van der Waals surface area contributed by atoms with Gasteiger partial charge in [0.1, 0.15) is 18.1 Å². The zero-order valence-electron chi connectivity index (χ0n) is 16.9. The van der Waals surface area contributed by atoms with Gasteiger partial charge in [0.15, 0.2) is 0 Å². The average molecular weight is 466 g/mol. The number of hydrogen-bond donors (Lipinski definition) is 1. The molecule has 1 N–H and O–H groups in total. The van der Waals surface area contributed by atoms with Gasteiger partial charge in [0.05, 0.1) is 17.9 Å². The van der Waals surface area contributed by atoms with E-state index in [4.69, 9.17) is 9.47 Å². The maximum absolute atomic E-state index is 13.0. The highest BCUT2D eigenvalue weighted by atomic mass is 79.9. The summed E-state index contributed by atoms with van der Waals surface area (Å²) in [6, 6.07) is 22.8. The molecule has 3 rings (SSSR count). The number of rotatable bonds is 9. The summed E-state index contributed by atoms with van der Waals surface area (Å²) in [4.78, 5) is 13.0. The first-order valence-corrected chi connectivity index (χ1v) is 10.5. The molecule has 0 aliphatic heterocycles. The van der Waals surface area contributed by atoms with Crippen molar-refractivity contribution >= 4 is 27.5 Å². The van der Waals surface area contributed by atoms with Gasteiger partial charge in [-0.2, -0.15) is 0 Å². The van der Waals surface area contributed by atoms with E-state index < -0.39 is 0 Å². The third-order valence-electron chi connectivity index (χ3n) is 4.29. The van der Waals surface area contributed by atoms with Crippen LogP contribution in [0.5, 0.6) is 11.5 Å². The first-order chi connectivity index (χ1) is 14.5. The van der Waals surface area contributed by atoms with E-state index in [1.54, 1.807) is 18.2 Å². The maximum Gasteiger partial charge on any atom is 0.259 e. The summed E-state index contributed by atoms with van der Waals surface area (Å²) in [6.07, 6.45) is 0.759. The highest BCUT2D eigenvalue weighted by molar-refractivity contribution is 9.10. The average Bonchev–Trinajstić information content (AvgIpc) is 2.74. The van der Waals surface area contributed by atoms with E-state index in [-0.39, 0.29) is 5.91 Å². The van der Waals surface area contributed by atoms with Crippen LogP contribution in [-0.2, 0) is 6.42 Å². The van der Waals surface area contributed by atoms with E-state index in [1.165, 1.54) is 5.56 Å². The van der Waals surface area contributed by atoms with Crippen molar-refractivity contribution < 1.29 is 14.3 Å². The van der Waals surface area contributed by atoms with Crippen molar-refractivity contribution in [3.8, 4) is 11.5 Å². The Morgan fingerprint density at radius 2 is 1.70 bits per heavy atom. The number of amides is 1. The molecule has 4 nitrogen and oxygen atoms in total. The summed E-state index contributed by atoms with van der Waals surface area (Å²) in [5.41, 5.74) is 3.13. The number of para-hydroxylation sites is 2. The van der Waals surface area contributed by atoms with E-state index in [1.807, 2.05) is 49.4 Å². The number of benzene rings is 3. The van der Waals surface area contributed by atoms with Crippen molar-refractivity contribution in [1.29, 1.82) is 0 Å². The Bertz CT molecular complexity index is 1020. The number of anilines is 1. The Labute approximate surface area is 185 Å². The summed E-state index contributed by atoms with van der Waals surface area (Å²) >= 11 is 3.44. The number of nitrogens with one attached hydrogen (secondary N) is 1. The van der Waals surface area contributed by atoms with Crippen LogP contribution in [0, 0.1) is 0 Å². The van der Waals surface area contributed by atoms with Gasteiger partial charge in [0, 0.05) is 10.9 Å². The number of ether oxygens (including phenoxy) is 2. The van der Waals surface area contributed by atoms with Crippen LogP contribution in [-0.4, -0.2) is 19.1 Å². The molecule has 0 bridgehead atoms. The van der Waals surface area contributed by atoms with Gasteiger partial charge in [-0.3, -0.25) is 4.79 Å². The molecule has 0 saturated carbocycles. The molecule has 0 atom stereocenters. The van der Waals surface area contributed by atoms with Gasteiger partial charge < -0.3 is 14.8 Å². The molecule has 0 spiro atoms. The second-order valence-corrected chi connectivity index (χ2v) is 7.84. The fourth-order valence-electron chi connectivity index (χ4n) is 2.82. The predicted molar refractivity (Wildman–Crippen MR) is 124 cm³/mol. The molecule has 1 amide bonds. The molecule has 0 unspecified atom stereocenters. The lowest BCUT2D eigenvalue weighted by Crippen LogP contribution is -2.15. The molecule has 0 aromatic heterocycles. The molecule has 0 aliphatic carbocycles. The highest BCUT2D eigenvalue weighted by Crippen LogP contribution is 2.28. The third kappa shape index (κ3) is 6.22. The minimum absolute atomic E-state index is 0.266. The molecule has 0 aliphatic rings. The molecule has 0 heterocycles. The molecule has 0 saturated heterocycles.